The van der Waals surface area contributed by atoms with E-state index in [1.54, 1.807) is 0 Å². The third-order valence-corrected chi connectivity index (χ3v) is 3.90. The number of fused-ring (bicyclic) bond motifs is 1. The molecule has 2 saturated carbocycles. The summed E-state index contributed by atoms with van der Waals surface area (Å²) in [7, 11) is 0. The van der Waals surface area contributed by atoms with E-state index < -0.39 is 0 Å². The molecule has 94 valence electrons. The van der Waals surface area contributed by atoms with Crippen molar-refractivity contribution in [2.24, 2.45) is 5.92 Å². The Morgan fingerprint density at radius 1 is 1.28 bits per heavy atom. The van der Waals surface area contributed by atoms with Crippen molar-refractivity contribution >= 4 is 22.7 Å². The molecule has 0 saturated heterocycles. The number of nitrogen functional groups attached to an aromatic ring is 1. The number of H-pyrrole nitrogens is 1. The lowest BCUT2D eigenvalue weighted by molar-refractivity contribution is 0.703. The number of hydrogen-bond acceptors (Lipinski definition) is 3. The molecule has 2 aliphatic rings. The van der Waals surface area contributed by atoms with Crippen LogP contribution in [0.1, 0.15) is 25.7 Å². The molecular formula is C14H18N4. The molecule has 2 fully saturated rings. The van der Waals surface area contributed by atoms with Gasteiger partial charge in [-0.15, -0.1) is 0 Å². The maximum atomic E-state index is 5.81. The van der Waals surface area contributed by atoms with Gasteiger partial charge in [0, 0.05) is 18.3 Å². The normalized spacial score (nSPS) is 19.3. The van der Waals surface area contributed by atoms with Crippen molar-refractivity contribution in [2.45, 2.75) is 31.7 Å². The van der Waals surface area contributed by atoms with Crippen molar-refractivity contribution in [1.29, 1.82) is 0 Å². The quantitative estimate of drug-likeness (QED) is 0.810. The Morgan fingerprint density at radius 2 is 2.11 bits per heavy atom. The first-order chi connectivity index (χ1) is 8.79. The van der Waals surface area contributed by atoms with Gasteiger partial charge in [-0.3, -0.25) is 0 Å². The summed E-state index contributed by atoms with van der Waals surface area (Å²) >= 11 is 0. The second-order valence-electron chi connectivity index (χ2n) is 5.66. The van der Waals surface area contributed by atoms with Crippen LogP contribution >= 0.6 is 0 Å². The van der Waals surface area contributed by atoms with Crippen LogP contribution in [0.3, 0.4) is 0 Å². The fourth-order valence-corrected chi connectivity index (χ4v) is 2.52. The van der Waals surface area contributed by atoms with Gasteiger partial charge < -0.3 is 15.6 Å². The molecule has 0 bridgehead atoms. The number of aromatic amines is 1. The summed E-state index contributed by atoms with van der Waals surface area (Å²) in [6.07, 6.45) is 5.39. The summed E-state index contributed by atoms with van der Waals surface area (Å²) in [5.74, 6) is 1.92. The van der Waals surface area contributed by atoms with Gasteiger partial charge in [-0.1, -0.05) is 0 Å². The van der Waals surface area contributed by atoms with E-state index in [1.807, 2.05) is 18.2 Å². The summed E-state index contributed by atoms with van der Waals surface area (Å²) < 4.78 is 0. The smallest absolute Gasteiger partial charge is 0.204 e. The first-order valence-corrected chi connectivity index (χ1v) is 6.81. The van der Waals surface area contributed by atoms with E-state index in [-0.39, 0.29) is 0 Å². The van der Waals surface area contributed by atoms with Gasteiger partial charge in [0.1, 0.15) is 0 Å². The highest BCUT2D eigenvalue weighted by Crippen LogP contribution is 2.37. The molecule has 0 unspecified atom stereocenters. The largest absolute Gasteiger partial charge is 0.399 e. The van der Waals surface area contributed by atoms with Crippen LogP contribution in [-0.2, 0) is 0 Å². The van der Waals surface area contributed by atoms with Gasteiger partial charge in [-0.05, 0) is 49.8 Å². The highest BCUT2D eigenvalue weighted by molar-refractivity contribution is 5.81. The number of aromatic nitrogens is 2. The molecule has 0 aliphatic heterocycles. The summed E-state index contributed by atoms with van der Waals surface area (Å²) in [5.41, 5.74) is 8.66. The number of imidazole rings is 1. The van der Waals surface area contributed by atoms with Gasteiger partial charge in [-0.2, -0.15) is 0 Å². The molecule has 1 aromatic carbocycles. The molecule has 0 amide bonds. The van der Waals surface area contributed by atoms with E-state index in [0.29, 0.717) is 6.04 Å². The van der Waals surface area contributed by atoms with Crippen LogP contribution in [0.4, 0.5) is 11.6 Å². The number of nitrogens with zero attached hydrogens (tertiary/aromatic N) is 2. The Balaban J connectivity index is 1.70. The van der Waals surface area contributed by atoms with Crippen LogP contribution in [0.5, 0.6) is 0 Å². The van der Waals surface area contributed by atoms with Crippen LogP contribution < -0.4 is 10.6 Å². The second kappa shape index (κ2) is 3.64. The Kier molecular flexibility index (Phi) is 2.07. The molecule has 2 aromatic rings. The molecule has 0 atom stereocenters. The maximum absolute atomic E-state index is 5.81. The Morgan fingerprint density at radius 3 is 2.83 bits per heavy atom. The van der Waals surface area contributed by atoms with E-state index in [0.717, 1.165) is 28.6 Å². The highest BCUT2D eigenvalue weighted by Gasteiger charge is 2.35. The fourth-order valence-electron chi connectivity index (χ4n) is 2.52. The Hall–Kier alpha value is -1.71. The van der Waals surface area contributed by atoms with Crippen LogP contribution in [0.15, 0.2) is 18.2 Å². The average molecular weight is 242 g/mol. The van der Waals surface area contributed by atoms with E-state index in [1.165, 1.54) is 32.2 Å². The SMILES string of the molecule is Nc1ccc2nc(N(CC3CC3)C3CC3)[nH]c2c1. The third-order valence-electron chi connectivity index (χ3n) is 3.90. The van der Waals surface area contributed by atoms with Crippen molar-refractivity contribution in [2.75, 3.05) is 17.2 Å². The second-order valence-corrected chi connectivity index (χ2v) is 5.66. The lowest BCUT2D eigenvalue weighted by atomic mass is 10.3. The highest BCUT2D eigenvalue weighted by atomic mass is 15.3. The van der Waals surface area contributed by atoms with Gasteiger partial charge >= 0.3 is 0 Å². The molecule has 3 N–H and O–H groups in total. The minimum Gasteiger partial charge on any atom is -0.399 e. The van der Waals surface area contributed by atoms with E-state index in [9.17, 15) is 0 Å². The number of anilines is 2. The predicted molar refractivity (Wildman–Crippen MR) is 73.6 cm³/mol. The third kappa shape index (κ3) is 1.82. The molecule has 18 heavy (non-hydrogen) atoms. The summed E-state index contributed by atoms with van der Waals surface area (Å²) in [4.78, 5) is 10.6. The van der Waals surface area contributed by atoms with Crippen molar-refractivity contribution < 1.29 is 0 Å². The number of hydrogen-bond donors (Lipinski definition) is 2. The zero-order chi connectivity index (χ0) is 12.1. The lowest BCUT2D eigenvalue weighted by Crippen LogP contribution is -2.28. The van der Waals surface area contributed by atoms with E-state index >= 15 is 0 Å². The summed E-state index contributed by atoms with van der Waals surface area (Å²) in [5, 5.41) is 0. The van der Waals surface area contributed by atoms with Gasteiger partial charge in [-0.25, -0.2) is 4.98 Å². The van der Waals surface area contributed by atoms with E-state index in [2.05, 4.69) is 9.88 Å². The lowest BCUT2D eigenvalue weighted by Gasteiger charge is -2.21. The Bertz CT molecular complexity index is 580. The Labute approximate surface area is 106 Å². The summed E-state index contributed by atoms with van der Waals surface area (Å²) in [6, 6.07) is 6.58. The van der Waals surface area contributed by atoms with Crippen molar-refractivity contribution in [1.82, 2.24) is 9.97 Å². The number of nitrogens with one attached hydrogen (secondary N) is 1. The summed E-state index contributed by atoms with van der Waals surface area (Å²) in [6.45, 7) is 1.17. The minimum atomic E-state index is 0.712. The van der Waals surface area contributed by atoms with E-state index in [4.69, 9.17) is 10.7 Å². The molecule has 4 rings (SSSR count). The molecule has 1 heterocycles. The first-order valence-electron chi connectivity index (χ1n) is 6.81. The van der Waals surface area contributed by atoms with Crippen LogP contribution in [0, 0.1) is 5.92 Å². The zero-order valence-corrected chi connectivity index (χ0v) is 10.4. The van der Waals surface area contributed by atoms with Gasteiger partial charge in [0.05, 0.1) is 11.0 Å². The maximum Gasteiger partial charge on any atom is 0.204 e. The predicted octanol–water partition coefficient (Wildman–Crippen LogP) is 2.52. The molecule has 4 heteroatoms. The number of benzene rings is 1. The van der Waals surface area contributed by atoms with Crippen molar-refractivity contribution in [3.05, 3.63) is 18.2 Å². The number of rotatable bonds is 4. The fraction of sp³-hybridized carbons (Fsp3) is 0.500. The molecule has 4 nitrogen and oxygen atoms in total. The van der Waals surface area contributed by atoms with Gasteiger partial charge in [0.2, 0.25) is 5.95 Å². The zero-order valence-electron chi connectivity index (χ0n) is 10.4. The van der Waals surface area contributed by atoms with Crippen LogP contribution in [0.2, 0.25) is 0 Å². The molecule has 0 radical (unpaired) electrons. The van der Waals surface area contributed by atoms with Gasteiger partial charge in [0.15, 0.2) is 0 Å². The topological polar surface area (TPSA) is 57.9 Å². The van der Waals surface area contributed by atoms with Crippen LogP contribution in [-0.4, -0.2) is 22.6 Å². The minimum absolute atomic E-state index is 0.712. The molecular weight excluding hydrogens is 224 g/mol. The van der Waals surface area contributed by atoms with Crippen molar-refractivity contribution in [3.63, 3.8) is 0 Å². The van der Waals surface area contributed by atoms with Crippen molar-refractivity contribution in [3.8, 4) is 0 Å². The average Bonchev–Trinajstić information content (AvgIpc) is 3.23. The van der Waals surface area contributed by atoms with Gasteiger partial charge in [0.25, 0.3) is 0 Å². The number of nitrogens with two attached hydrogens (primary N) is 1. The van der Waals surface area contributed by atoms with Crippen LogP contribution in [0.25, 0.3) is 11.0 Å². The monoisotopic (exact) mass is 242 g/mol. The first kappa shape index (κ1) is 10.2. The molecule has 0 spiro atoms. The standard InChI is InChI=1S/C14H18N4/c15-10-3-6-12-13(7-10)17-14(16-12)18(11-4-5-11)8-9-1-2-9/h3,6-7,9,11H,1-2,4-5,8,15H2,(H,16,17). The molecule has 2 aliphatic carbocycles. The molecule has 1 aromatic heterocycles.